The van der Waals surface area contributed by atoms with E-state index in [-0.39, 0.29) is 0 Å². The molecule has 0 saturated carbocycles. The molecule has 64 valence electrons. The predicted molar refractivity (Wildman–Crippen MR) is 50.0 cm³/mol. The van der Waals surface area contributed by atoms with E-state index in [0.717, 1.165) is 11.5 Å². The van der Waals surface area contributed by atoms with E-state index >= 15 is 0 Å². The second-order valence-electron chi connectivity index (χ2n) is 3.01. The van der Waals surface area contributed by atoms with Crippen molar-refractivity contribution in [3.63, 3.8) is 0 Å². The maximum Gasteiger partial charge on any atom is 0.287 e. The third kappa shape index (κ3) is 1.16. The third-order valence-electron chi connectivity index (χ3n) is 2.01. The first kappa shape index (κ1) is 7.88. The number of benzene rings is 1. The molecule has 0 amide bonds. The summed E-state index contributed by atoms with van der Waals surface area (Å²) in [4.78, 5) is 0. The molecular formula is C9H11O2P. The molecule has 0 saturated heterocycles. The number of hydrogen-bond donors (Lipinski definition) is 0. The Morgan fingerprint density at radius 2 is 1.42 bits per heavy atom. The Balaban J connectivity index is 2.48. The van der Waals surface area contributed by atoms with Crippen LogP contribution in [0.4, 0.5) is 0 Å². The molecule has 2 rings (SSSR count). The fraction of sp³-hybridized carbons (Fsp3) is 0.333. The predicted octanol–water partition coefficient (Wildman–Crippen LogP) is 3.02. The Labute approximate surface area is 73.4 Å². The van der Waals surface area contributed by atoms with Crippen LogP contribution in [0.3, 0.4) is 0 Å². The van der Waals surface area contributed by atoms with Crippen LogP contribution in [0.2, 0.25) is 0 Å². The van der Waals surface area contributed by atoms with Gasteiger partial charge in [-0.2, -0.15) is 0 Å². The Hall–Kier alpha value is -0.750. The van der Waals surface area contributed by atoms with Crippen LogP contribution in [0.1, 0.15) is 11.1 Å². The molecule has 0 aromatic heterocycles. The Kier molecular flexibility index (Phi) is 1.73. The van der Waals surface area contributed by atoms with Crippen molar-refractivity contribution in [3.05, 3.63) is 23.3 Å². The van der Waals surface area contributed by atoms with Gasteiger partial charge in [-0.25, -0.2) is 0 Å². The van der Waals surface area contributed by atoms with E-state index in [1.807, 2.05) is 18.8 Å². The molecule has 0 unspecified atom stereocenters. The van der Waals surface area contributed by atoms with Crippen molar-refractivity contribution in [3.8, 4) is 11.5 Å². The van der Waals surface area contributed by atoms with E-state index in [0.29, 0.717) is 0 Å². The normalized spacial score (nSPS) is 15.2. The molecule has 1 heterocycles. The average molecular weight is 182 g/mol. The lowest BCUT2D eigenvalue weighted by Crippen LogP contribution is -1.80. The minimum absolute atomic E-state index is 0.717. The highest BCUT2D eigenvalue weighted by Crippen LogP contribution is 2.50. The Morgan fingerprint density at radius 1 is 1.00 bits per heavy atom. The minimum Gasteiger partial charge on any atom is -0.435 e. The maximum atomic E-state index is 5.49. The number of aryl methyl sites for hydroxylation is 2. The second kappa shape index (κ2) is 2.63. The summed E-state index contributed by atoms with van der Waals surface area (Å²) >= 11 is 0. The summed E-state index contributed by atoms with van der Waals surface area (Å²) in [6, 6.07) is 4.08. The van der Waals surface area contributed by atoms with E-state index in [2.05, 4.69) is 13.8 Å². The minimum atomic E-state index is -0.717. The zero-order valence-corrected chi connectivity index (χ0v) is 8.31. The Bertz CT molecular complexity index is 292. The first-order chi connectivity index (χ1) is 5.66. The van der Waals surface area contributed by atoms with Crippen molar-refractivity contribution in [2.75, 3.05) is 6.66 Å². The monoisotopic (exact) mass is 182 g/mol. The number of rotatable bonds is 0. The molecule has 1 aromatic rings. The van der Waals surface area contributed by atoms with Gasteiger partial charge in [0.05, 0.1) is 0 Å². The highest BCUT2D eigenvalue weighted by molar-refractivity contribution is 7.47. The molecule has 0 aliphatic carbocycles. The smallest absolute Gasteiger partial charge is 0.287 e. The van der Waals surface area contributed by atoms with Gasteiger partial charge in [0.15, 0.2) is 11.5 Å². The van der Waals surface area contributed by atoms with E-state index in [9.17, 15) is 0 Å². The highest BCUT2D eigenvalue weighted by Gasteiger charge is 2.21. The molecule has 1 aromatic carbocycles. The van der Waals surface area contributed by atoms with E-state index < -0.39 is 8.38 Å². The van der Waals surface area contributed by atoms with Gasteiger partial charge in [0.2, 0.25) is 0 Å². The molecule has 0 bridgehead atoms. The molecule has 0 N–H and O–H groups in total. The summed E-state index contributed by atoms with van der Waals surface area (Å²) in [6.45, 7) is 6.12. The fourth-order valence-corrected chi connectivity index (χ4v) is 2.08. The lowest BCUT2D eigenvalue weighted by molar-refractivity contribution is 0.582. The maximum absolute atomic E-state index is 5.49. The molecule has 0 atom stereocenters. The summed E-state index contributed by atoms with van der Waals surface area (Å²) < 4.78 is 11.0. The number of fused-ring (bicyclic) bond motifs is 1. The molecule has 1 aliphatic heterocycles. The zero-order valence-electron chi connectivity index (χ0n) is 7.42. The van der Waals surface area contributed by atoms with Gasteiger partial charge in [-0.05, 0) is 37.1 Å². The van der Waals surface area contributed by atoms with Gasteiger partial charge in [-0.15, -0.1) is 0 Å². The quantitative estimate of drug-likeness (QED) is 0.574. The van der Waals surface area contributed by atoms with Gasteiger partial charge < -0.3 is 9.05 Å². The molecule has 2 nitrogen and oxygen atoms in total. The van der Waals surface area contributed by atoms with E-state index in [1.165, 1.54) is 11.1 Å². The third-order valence-corrected chi connectivity index (χ3v) is 2.92. The highest BCUT2D eigenvalue weighted by atomic mass is 31.2. The van der Waals surface area contributed by atoms with Gasteiger partial charge in [0, 0.05) is 6.66 Å². The zero-order chi connectivity index (χ0) is 8.72. The second-order valence-corrected chi connectivity index (χ2v) is 4.25. The lowest BCUT2D eigenvalue weighted by atomic mass is 10.1. The van der Waals surface area contributed by atoms with Crippen LogP contribution >= 0.6 is 8.38 Å². The van der Waals surface area contributed by atoms with Crippen LogP contribution in [0.25, 0.3) is 0 Å². The van der Waals surface area contributed by atoms with Gasteiger partial charge in [0.1, 0.15) is 0 Å². The van der Waals surface area contributed by atoms with Crippen LogP contribution in [-0.2, 0) is 0 Å². The summed E-state index contributed by atoms with van der Waals surface area (Å²) in [7, 11) is -0.717. The summed E-state index contributed by atoms with van der Waals surface area (Å²) in [5.74, 6) is 1.79. The van der Waals surface area contributed by atoms with Crippen molar-refractivity contribution < 1.29 is 9.05 Å². The van der Waals surface area contributed by atoms with Crippen molar-refractivity contribution >= 4 is 8.38 Å². The molecule has 3 heteroatoms. The van der Waals surface area contributed by atoms with Crippen molar-refractivity contribution in [1.29, 1.82) is 0 Å². The summed E-state index contributed by atoms with van der Waals surface area (Å²) in [5.41, 5.74) is 2.50. The van der Waals surface area contributed by atoms with Crippen LogP contribution in [0, 0.1) is 13.8 Å². The fourth-order valence-electron chi connectivity index (χ4n) is 1.20. The standard InChI is InChI=1S/C9H11O2P/c1-6-4-8-9(5-7(6)2)11-12(3)10-8/h4-5H,1-3H3. The van der Waals surface area contributed by atoms with Crippen molar-refractivity contribution in [1.82, 2.24) is 0 Å². The topological polar surface area (TPSA) is 18.5 Å². The van der Waals surface area contributed by atoms with E-state index in [1.54, 1.807) is 0 Å². The lowest BCUT2D eigenvalue weighted by Gasteiger charge is -2.00. The molecular weight excluding hydrogens is 171 g/mol. The van der Waals surface area contributed by atoms with Crippen molar-refractivity contribution in [2.24, 2.45) is 0 Å². The summed E-state index contributed by atoms with van der Waals surface area (Å²) in [5, 5.41) is 0. The van der Waals surface area contributed by atoms with Gasteiger partial charge >= 0.3 is 0 Å². The van der Waals surface area contributed by atoms with E-state index in [4.69, 9.17) is 9.05 Å². The van der Waals surface area contributed by atoms with Crippen LogP contribution < -0.4 is 9.05 Å². The van der Waals surface area contributed by atoms with Crippen LogP contribution in [0.5, 0.6) is 11.5 Å². The van der Waals surface area contributed by atoms with Gasteiger partial charge in [-0.1, -0.05) is 0 Å². The summed E-state index contributed by atoms with van der Waals surface area (Å²) in [6.07, 6.45) is 0. The molecule has 0 spiro atoms. The first-order valence-electron chi connectivity index (χ1n) is 3.88. The Morgan fingerprint density at radius 3 is 1.83 bits per heavy atom. The first-order valence-corrected chi connectivity index (χ1v) is 5.50. The van der Waals surface area contributed by atoms with Gasteiger partial charge in [0.25, 0.3) is 8.38 Å². The molecule has 1 aliphatic rings. The van der Waals surface area contributed by atoms with Crippen molar-refractivity contribution in [2.45, 2.75) is 13.8 Å². The molecule has 0 radical (unpaired) electrons. The number of hydrogen-bond acceptors (Lipinski definition) is 2. The van der Waals surface area contributed by atoms with Gasteiger partial charge in [-0.3, -0.25) is 0 Å². The largest absolute Gasteiger partial charge is 0.435 e. The molecule has 0 fully saturated rings. The van der Waals surface area contributed by atoms with Crippen LogP contribution in [-0.4, -0.2) is 6.66 Å². The SMILES string of the molecule is Cc1cc2c(cc1C)OP(C)O2. The average Bonchev–Trinajstić information content (AvgIpc) is 2.30. The molecule has 12 heavy (non-hydrogen) atoms. The van der Waals surface area contributed by atoms with Crippen LogP contribution in [0.15, 0.2) is 12.1 Å².